The molecular formula is C23H32FN3O6. The molecule has 1 aromatic heterocycles. The second-order valence-electron chi connectivity index (χ2n) is 8.67. The zero-order chi connectivity index (χ0) is 24.7. The molecular weight excluding hydrogens is 433 g/mol. The van der Waals surface area contributed by atoms with Crippen LogP contribution in [-0.2, 0) is 4.79 Å². The van der Waals surface area contributed by atoms with Gasteiger partial charge in [0.2, 0.25) is 5.88 Å². The number of carboxylic acid groups (broad SMARTS) is 1. The van der Waals surface area contributed by atoms with Gasteiger partial charge in [0.05, 0.1) is 24.3 Å². The lowest BCUT2D eigenvalue weighted by Gasteiger charge is -2.17. The van der Waals surface area contributed by atoms with Gasteiger partial charge in [-0.3, -0.25) is 9.59 Å². The number of rotatable bonds is 12. The topological polar surface area (TPSA) is 134 Å². The first-order chi connectivity index (χ1) is 15.5. The minimum Gasteiger partial charge on any atom is -0.481 e. The van der Waals surface area contributed by atoms with Crippen molar-refractivity contribution in [2.24, 2.45) is 5.92 Å². The summed E-state index contributed by atoms with van der Waals surface area (Å²) < 4.78 is 20.7. The first-order valence-corrected chi connectivity index (χ1v) is 10.9. The molecule has 33 heavy (non-hydrogen) atoms. The molecule has 0 saturated carbocycles. The second-order valence-corrected chi connectivity index (χ2v) is 8.67. The number of nitrogens with one attached hydrogen (secondary N) is 1. The molecule has 0 aliphatic carbocycles. The Morgan fingerprint density at radius 2 is 1.76 bits per heavy atom. The first kappa shape index (κ1) is 26.3. The number of carboxylic acids is 1. The number of amides is 1. The van der Waals surface area contributed by atoms with Crippen molar-refractivity contribution in [1.82, 2.24) is 15.1 Å². The van der Waals surface area contributed by atoms with E-state index in [1.165, 1.54) is 28.9 Å². The van der Waals surface area contributed by atoms with Crippen molar-refractivity contribution in [2.45, 2.75) is 58.7 Å². The van der Waals surface area contributed by atoms with E-state index in [1.807, 2.05) is 27.7 Å². The van der Waals surface area contributed by atoms with Gasteiger partial charge >= 0.3 is 5.97 Å². The van der Waals surface area contributed by atoms with Gasteiger partial charge in [-0.05, 0) is 36.1 Å². The number of hydrogen-bond acceptors (Lipinski definition) is 6. The summed E-state index contributed by atoms with van der Waals surface area (Å²) in [6.07, 6.45) is -3.09. The Labute approximate surface area is 192 Å². The van der Waals surface area contributed by atoms with Crippen LogP contribution in [0.3, 0.4) is 0 Å². The quantitative estimate of drug-likeness (QED) is 0.378. The van der Waals surface area contributed by atoms with Crippen LogP contribution >= 0.6 is 0 Å². The number of benzene rings is 1. The van der Waals surface area contributed by atoms with Crippen LogP contribution in [0.5, 0.6) is 5.88 Å². The van der Waals surface area contributed by atoms with Gasteiger partial charge in [-0.2, -0.15) is 5.10 Å². The van der Waals surface area contributed by atoms with Crippen molar-refractivity contribution in [3.63, 3.8) is 0 Å². The molecule has 0 radical (unpaired) electrons. The molecule has 4 N–H and O–H groups in total. The SMILES string of the molecule is CC(C)CNC(=O)c1nn(-c2ccc(F)cc2)c(OC[C@@H](O)C[C@@H](O)CC(=O)O)c1C(C)C. The smallest absolute Gasteiger partial charge is 0.305 e. The number of halogens is 1. The summed E-state index contributed by atoms with van der Waals surface area (Å²) in [5.41, 5.74) is 1.13. The van der Waals surface area contributed by atoms with Crippen LogP contribution in [0, 0.1) is 11.7 Å². The monoisotopic (exact) mass is 465 g/mol. The zero-order valence-electron chi connectivity index (χ0n) is 19.3. The predicted molar refractivity (Wildman–Crippen MR) is 119 cm³/mol. The average Bonchev–Trinajstić information content (AvgIpc) is 3.10. The molecule has 0 aliphatic heterocycles. The highest BCUT2D eigenvalue weighted by Gasteiger charge is 2.28. The Hall–Kier alpha value is -2.98. The van der Waals surface area contributed by atoms with Crippen LogP contribution in [0.1, 0.15) is 62.5 Å². The molecule has 2 aromatic rings. The Kier molecular flexibility index (Phi) is 9.36. The molecule has 10 heteroatoms. The van der Waals surface area contributed by atoms with E-state index >= 15 is 0 Å². The highest BCUT2D eigenvalue weighted by molar-refractivity contribution is 5.94. The van der Waals surface area contributed by atoms with Gasteiger partial charge < -0.3 is 25.4 Å². The molecule has 1 aromatic carbocycles. The van der Waals surface area contributed by atoms with Gasteiger partial charge in [0, 0.05) is 18.5 Å². The van der Waals surface area contributed by atoms with E-state index < -0.39 is 30.4 Å². The second kappa shape index (κ2) is 11.8. The summed E-state index contributed by atoms with van der Waals surface area (Å²) in [5.74, 6) is -1.73. The number of aromatic nitrogens is 2. The molecule has 2 atom stereocenters. The van der Waals surface area contributed by atoms with E-state index in [9.17, 15) is 24.2 Å². The number of carbonyl (C=O) groups excluding carboxylic acids is 1. The Morgan fingerprint density at radius 3 is 2.30 bits per heavy atom. The molecule has 9 nitrogen and oxygen atoms in total. The fourth-order valence-corrected chi connectivity index (χ4v) is 3.22. The van der Waals surface area contributed by atoms with Crippen LogP contribution in [0.4, 0.5) is 4.39 Å². The van der Waals surface area contributed by atoms with Crippen molar-refractivity contribution in [3.8, 4) is 11.6 Å². The van der Waals surface area contributed by atoms with E-state index in [4.69, 9.17) is 9.84 Å². The molecule has 0 fully saturated rings. The number of hydrogen-bond donors (Lipinski definition) is 4. The first-order valence-electron chi connectivity index (χ1n) is 10.9. The van der Waals surface area contributed by atoms with Crippen LogP contribution < -0.4 is 10.1 Å². The fraction of sp³-hybridized carbons (Fsp3) is 0.522. The van der Waals surface area contributed by atoms with E-state index in [0.29, 0.717) is 17.8 Å². The maximum Gasteiger partial charge on any atom is 0.305 e. The van der Waals surface area contributed by atoms with Crippen molar-refractivity contribution in [3.05, 3.63) is 41.3 Å². The van der Waals surface area contributed by atoms with Crippen LogP contribution in [0.15, 0.2) is 24.3 Å². The van der Waals surface area contributed by atoms with Gasteiger partial charge in [-0.15, -0.1) is 0 Å². The third-order valence-corrected chi connectivity index (χ3v) is 4.78. The zero-order valence-corrected chi connectivity index (χ0v) is 19.3. The van der Waals surface area contributed by atoms with Gasteiger partial charge in [0.15, 0.2) is 5.69 Å². The van der Waals surface area contributed by atoms with Crippen molar-refractivity contribution >= 4 is 11.9 Å². The summed E-state index contributed by atoms with van der Waals surface area (Å²) in [6, 6.07) is 5.49. The normalized spacial score (nSPS) is 13.2. The highest BCUT2D eigenvalue weighted by atomic mass is 19.1. The number of aliphatic carboxylic acids is 1. The third-order valence-electron chi connectivity index (χ3n) is 4.78. The van der Waals surface area contributed by atoms with E-state index in [-0.39, 0.29) is 42.3 Å². The molecule has 1 heterocycles. The van der Waals surface area contributed by atoms with Crippen molar-refractivity contribution < 1.29 is 34.0 Å². The predicted octanol–water partition coefficient (Wildman–Crippen LogP) is 2.49. The van der Waals surface area contributed by atoms with Gasteiger partial charge in [-0.25, -0.2) is 9.07 Å². The van der Waals surface area contributed by atoms with Crippen LogP contribution in [0.25, 0.3) is 5.69 Å². The summed E-state index contributed by atoms with van der Waals surface area (Å²) in [7, 11) is 0. The Balaban J connectivity index is 2.39. The molecule has 0 spiro atoms. The summed E-state index contributed by atoms with van der Waals surface area (Å²) in [5, 5.41) is 36.1. The average molecular weight is 466 g/mol. The molecule has 0 unspecified atom stereocenters. The number of nitrogens with zero attached hydrogens (tertiary/aromatic N) is 2. The molecule has 0 aliphatic rings. The van der Waals surface area contributed by atoms with E-state index in [2.05, 4.69) is 10.4 Å². The summed E-state index contributed by atoms with van der Waals surface area (Å²) >= 11 is 0. The molecule has 0 bridgehead atoms. The van der Waals surface area contributed by atoms with Gasteiger partial charge in [0.25, 0.3) is 5.91 Å². The lowest BCUT2D eigenvalue weighted by Crippen LogP contribution is -2.28. The van der Waals surface area contributed by atoms with Gasteiger partial charge in [0.1, 0.15) is 12.4 Å². The molecule has 2 rings (SSSR count). The Bertz CT molecular complexity index is 942. The molecule has 0 saturated heterocycles. The van der Waals surface area contributed by atoms with Crippen LogP contribution in [0.2, 0.25) is 0 Å². The van der Waals surface area contributed by atoms with Crippen LogP contribution in [-0.4, -0.2) is 62.3 Å². The molecule has 182 valence electrons. The summed E-state index contributed by atoms with van der Waals surface area (Å²) in [6.45, 7) is 7.85. The number of carbonyl (C=O) groups is 2. The fourth-order valence-electron chi connectivity index (χ4n) is 3.22. The largest absolute Gasteiger partial charge is 0.481 e. The van der Waals surface area contributed by atoms with E-state index in [1.54, 1.807) is 0 Å². The summed E-state index contributed by atoms with van der Waals surface area (Å²) in [4.78, 5) is 23.6. The maximum absolute atomic E-state index is 13.5. The number of aliphatic hydroxyl groups is 2. The number of ether oxygens (including phenoxy) is 1. The lowest BCUT2D eigenvalue weighted by atomic mass is 10.0. The van der Waals surface area contributed by atoms with E-state index in [0.717, 1.165) is 0 Å². The standard InChI is InChI=1S/C23H32FN3O6/c1-13(2)11-25-22(32)21-20(14(3)4)23(27(26-21)16-7-5-15(24)6-8-16)33-12-18(29)9-17(28)10-19(30)31/h5-8,13-14,17-18,28-29H,9-12H2,1-4H3,(H,25,32)(H,30,31)/t17-,18+/m1/s1. The minimum atomic E-state index is -1.23. The number of aliphatic hydroxyl groups excluding tert-OH is 2. The van der Waals surface area contributed by atoms with Crippen molar-refractivity contribution in [2.75, 3.05) is 13.2 Å². The third kappa shape index (κ3) is 7.54. The lowest BCUT2D eigenvalue weighted by molar-refractivity contribution is -0.139. The Morgan fingerprint density at radius 1 is 1.12 bits per heavy atom. The maximum atomic E-state index is 13.5. The highest BCUT2D eigenvalue weighted by Crippen LogP contribution is 2.33. The minimum absolute atomic E-state index is 0.158. The van der Waals surface area contributed by atoms with Gasteiger partial charge in [-0.1, -0.05) is 27.7 Å². The molecule has 1 amide bonds. The van der Waals surface area contributed by atoms with Crippen molar-refractivity contribution in [1.29, 1.82) is 0 Å².